The Bertz CT molecular complexity index is 403. The molecule has 5 heteroatoms. The summed E-state index contributed by atoms with van der Waals surface area (Å²) in [6.07, 6.45) is -0.732. The second kappa shape index (κ2) is 6.50. The molecule has 1 heterocycles. The van der Waals surface area contributed by atoms with Gasteiger partial charge in [-0.15, -0.1) is 0 Å². The fourth-order valence-electron chi connectivity index (χ4n) is 2.42. The molecule has 0 aliphatic carbocycles. The summed E-state index contributed by atoms with van der Waals surface area (Å²) in [6, 6.07) is 9.81. The lowest BCUT2D eigenvalue weighted by molar-refractivity contribution is 0.136. The Kier molecular flexibility index (Phi) is 4.71. The molecule has 0 aromatic heterocycles. The molecule has 0 spiro atoms. The first-order valence-corrected chi connectivity index (χ1v) is 6.52. The summed E-state index contributed by atoms with van der Waals surface area (Å²) in [4.78, 5) is 13.2. The minimum absolute atomic E-state index is 0.383. The summed E-state index contributed by atoms with van der Waals surface area (Å²) in [5, 5.41) is 2.24. The van der Waals surface area contributed by atoms with Crippen LogP contribution in [0.4, 0.5) is 13.6 Å². The van der Waals surface area contributed by atoms with E-state index < -0.39 is 13.0 Å². The van der Waals surface area contributed by atoms with Gasteiger partial charge in [0, 0.05) is 13.1 Å². The highest BCUT2D eigenvalue weighted by molar-refractivity contribution is 5.74. The fraction of sp³-hybridized carbons (Fsp3) is 0.500. The zero-order valence-electron chi connectivity index (χ0n) is 10.7. The van der Waals surface area contributed by atoms with Crippen LogP contribution in [0.25, 0.3) is 0 Å². The number of halogens is 2. The molecule has 2 rings (SSSR count). The van der Waals surface area contributed by atoms with Crippen LogP contribution in [-0.2, 0) is 0 Å². The highest BCUT2D eigenvalue weighted by atomic mass is 19.3. The Hall–Kier alpha value is -1.65. The molecule has 0 saturated carbocycles. The van der Waals surface area contributed by atoms with Crippen molar-refractivity contribution in [2.75, 3.05) is 19.6 Å². The highest BCUT2D eigenvalue weighted by Gasteiger charge is 2.23. The van der Waals surface area contributed by atoms with Gasteiger partial charge in [-0.3, -0.25) is 0 Å². The predicted molar refractivity (Wildman–Crippen MR) is 69.4 cm³/mol. The molecule has 0 unspecified atom stereocenters. The maximum atomic E-state index is 12.0. The molecule has 1 fully saturated rings. The zero-order chi connectivity index (χ0) is 13.7. The Balaban J connectivity index is 1.81. The Morgan fingerprint density at radius 2 is 1.89 bits per heavy atom. The average molecular weight is 268 g/mol. The van der Waals surface area contributed by atoms with Gasteiger partial charge in [0.1, 0.15) is 0 Å². The van der Waals surface area contributed by atoms with Crippen molar-refractivity contribution >= 4 is 6.03 Å². The van der Waals surface area contributed by atoms with Gasteiger partial charge in [0.05, 0.1) is 6.54 Å². The van der Waals surface area contributed by atoms with Gasteiger partial charge in [-0.1, -0.05) is 30.3 Å². The van der Waals surface area contributed by atoms with Crippen molar-refractivity contribution in [1.82, 2.24) is 10.2 Å². The summed E-state index contributed by atoms with van der Waals surface area (Å²) in [7, 11) is 0. The van der Waals surface area contributed by atoms with Crippen molar-refractivity contribution in [2.24, 2.45) is 0 Å². The SMILES string of the molecule is O=C(NCC(F)F)N1CCC(c2ccccc2)CC1. The van der Waals surface area contributed by atoms with E-state index >= 15 is 0 Å². The topological polar surface area (TPSA) is 32.3 Å². The summed E-state index contributed by atoms with van der Waals surface area (Å²) in [5.41, 5.74) is 1.29. The Morgan fingerprint density at radius 1 is 1.26 bits per heavy atom. The smallest absolute Gasteiger partial charge is 0.317 e. The van der Waals surface area contributed by atoms with Crippen LogP contribution in [0.2, 0.25) is 0 Å². The van der Waals surface area contributed by atoms with Crippen molar-refractivity contribution in [3.8, 4) is 0 Å². The second-order valence-electron chi connectivity index (χ2n) is 4.75. The van der Waals surface area contributed by atoms with Crippen LogP contribution >= 0.6 is 0 Å². The van der Waals surface area contributed by atoms with Gasteiger partial charge in [0.15, 0.2) is 0 Å². The lowest BCUT2D eigenvalue weighted by Gasteiger charge is -2.32. The third kappa shape index (κ3) is 3.91. The van der Waals surface area contributed by atoms with Gasteiger partial charge in [-0.25, -0.2) is 13.6 Å². The first-order valence-electron chi connectivity index (χ1n) is 6.52. The average Bonchev–Trinajstić information content (AvgIpc) is 2.46. The highest BCUT2D eigenvalue weighted by Crippen LogP contribution is 2.27. The van der Waals surface area contributed by atoms with E-state index in [1.54, 1.807) is 4.90 Å². The minimum Gasteiger partial charge on any atom is -0.332 e. The molecular weight excluding hydrogens is 250 g/mol. The molecule has 0 radical (unpaired) electrons. The number of piperidine rings is 1. The van der Waals surface area contributed by atoms with E-state index in [4.69, 9.17) is 0 Å². The van der Waals surface area contributed by atoms with E-state index in [2.05, 4.69) is 17.4 Å². The van der Waals surface area contributed by atoms with E-state index in [1.165, 1.54) is 5.56 Å². The molecule has 0 bridgehead atoms. The number of alkyl halides is 2. The van der Waals surface area contributed by atoms with Crippen LogP contribution in [0.1, 0.15) is 24.3 Å². The van der Waals surface area contributed by atoms with Crippen molar-refractivity contribution in [3.63, 3.8) is 0 Å². The van der Waals surface area contributed by atoms with E-state index in [9.17, 15) is 13.6 Å². The fourth-order valence-corrected chi connectivity index (χ4v) is 2.42. The van der Waals surface area contributed by atoms with Crippen molar-refractivity contribution in [1.29, 1.82) is 0 Å². The standard InChI is InChI=1S/C14H18F2N2O/c15-13(16)10-17-14(19)18-8-6-12(7-9-18)11-4-2-1-3-5-11/h1-5,12-13H,6-10H2,(H,17,19). The molecule has 1 saturated heterocycles. The van der Waals surface area contributed by atoms with Gasteiger partial charge < -0.3 is 10.2 Å². The number of nitrogens with zero attached hydrogens (tertiary/aromatic N) is 1. The van der Waals surface area contributed by atoms with Crippen molar-refractivity contribution in [3.05, 3.63) is 35.9 Å². The Labute approximate surface area is 111 Å². The van der Waals surface area contributed by atoms with Crippen LogP contribution < -0.4 is 5.32 Å². The third-order valence-corrected chi connectivity index (χ3v) is 3.46. The number of carbonyl (C=O) groups is 1. The molecule has 1 N–H and O–H groups in total. The van der Waals surface area contributed by atoms with Gasteiger partial charge in [-0.05, 0) is 24.3 Å². The van der Waals surface area contributed by atoms with E-state index in [0.29, 0.717) is 19.0 Å². The van der Waals surface area contributed by atoms with Crippen LogP contribution in [0, 0.1) is 0 Å². The van der Waals surface area contributed by atoms with E-state index in [0.717, 1.165) is 12.8 Å². The Morgan fingerprint density at radius 3 is 2.47 bits per heavy atom. The summed E-state index contributed by atoms with van der Waals surface area (Å²) in [6.45, 7) is 0.667. The van der Waals surface area contributed by atoms with Crippen molar-refractivity contribution in [2.45, 2.75) is 25.2 Å². The van der Waals surface area contributed by atoms with Crippen LogP contribution in [0.15, 0.2) is 30.3 Å². The molecule has 1 aromatic carbocycles. The predicted octanol–water partition coefficient (Wildman–Crippen LogP) is 2.84. The number of urea groups is 1. The van der Waals surface area contributed by atoms with Crippen LogP contribution in [0.5, 0.6) is 0 Å². The maximum Gasteiger partial charge on any atom is 0.317 e. The number of likely N-dealkylation sites (tertiary alicyclic amines) is 1. The quantitative estimate of drug-likeness (QED) is 0.898. The lowest BCUT2D eigenvalue weighted by Crippen LogP contribution is -2.45. The molecule has 19 heavy (non-hydrogen) atoms. The zero-order valence-corrected chi connectivity index (χ0v) is 10.7. The van der Waals surface area contributed by atoms with Gasteiger partial charge >= 0.3 is 6.03 Å². The lowest BCUT2D eigenvalue weighted by atomic mass is 9.90. The molecular formula is C14H18F2N2O. The number of hydrogen-bond acceptors (Lipinski definition) is 1. The normalized spacial score (nSPS) is 16.7. The molecule has 104 valence electrons. The molecule has 1 aliphatic rings. The molecule has 0 atom stereocenters. The number of hydrogen-bond donors (Lipinski definition) is 1. The molecule has 1 aliphatic heterocycles. The number of nitrogens with one attached hydrogen (secondary N) is 1. The number of carbonyl (C=O) groups excluding carboxylic acids is 1. The molecule has 2 amide bonds. The van der Waals surface area contributed by atoms with E-state index in [1.807, 2.05) is 18.2 Å². The van der Waals surface area contributed by atoms with Gasteiger partial charge in [0.2, 0.25) is 0 Å². The summed E-state index contributed by atoms with van der Waals surface area (Å²) in [5.74, 6) is 0.459. The second-order valence-corrected chi connectivity index (χ2v) is 4.75. The first kappa shape index (κ1) is 13.8. The van der Waals surface area contributed by atoms with Crippen LogP contribution in [0.3, 0.4) is 0 Å². The molecule has 1 aromatic rings. The summed E-state index contributed by atoms with van der Waals surface area (Å²) >= 11 is 0. The van der Waals surface area contributed by atoms with Crippen LogP contribution in [-0.4, -0.2) is 37.0 Å². The summed E-state index contributed by atoms with van der Waals surface area (Å²) < 4.78 is 24.0. The van der Waals surface area contributed by atoms with Gasteiger partial charge in [0.25, 0.3) is 6.43 Å². The van der Waals surface area contributed by atoms with Gasteiger partial charge in [-0.2, -0.15) is 0 Å². The maximum absolute atomic E-state index is 12.0. The van der Waals surface area contributed by atoms with E-state index in [-0.39, 0.29) is 6.03 Å². The largest absolute Gasteiger partial charge is 0.332 e. The number of rotatable bonds is 3. The molecule has 3 nitrogen and oxygen atoms in total. The minimum atomic E-state index is -2.49. The monoisotopic (exact) mass is 268 g/mol. The first-order chi connectivity index (χ1) is 9.16. The number of benzene rings is 1. The van der Waals surface area contributed by atoms with Crippen molar-refractivity contribution < 1.29 is 13.6 Å². The number of amides is 2. The third-order valence-electron chi connectivity index (χ3n) is 3.46.